The van der Waals surface area contributed by atoms with Crippen LogP contribution in [0.5, 0.6) is 0 Å². The Balaban J connectivity index is 2.31. The van der Waals surface area contributed by atoms with E-state index in [1.807, 2.05) is 31.2 Å². The third-order valence-corrected chi connectivity index (χ3v) is 2.98. The Morgan fingerprint density at radius 2 is 2.31 bits per heavy atom. The van der Waals surface area contributed by atoms with Crippen LogP contribution in [0, 0.1) is 3.57 Å². The molecular formula is C11H12IN3O. The molecule has 1 aromatic carbocycles. The van der Waals surface area contributed by atoms with Crippen LogP contribution in [-0.4, -0.2) is 16.7 Å². The maximum atomic E-state index is 5.55. The molecule has 0 fully saturated rings. The molecule has 0 aliphatic carbocycles. The van der Waals surface area contributed by atoms with Crippen molar-refractivity contribution in [2.75, 3.05) is 6.54 Å². The van der Waals surface area contributed by atoms with E-state index in [2.05, 4.69) is 32.7 Å². The molecule has 0 spiro atoms. The summed E-state index contributed by atoms with van der Waals surface area (Å²) >= 11 is 2.25. The quantitative estimate of drug-likeness (QED) is 0.879. The van der Waals surface area contributed by atoms with Gasteiger partial charge in [-0.1, -0.05) is 18.1 Å². The van der Waals surface area contributed by atoms with Gasteiger partial charge < -0.3 is 10.3 Å². The normalized spacial score (nSPS) is 12.7. The van der Waals surface area contributed by atoms with Crippen molar-refractivity contribution in [3.8, 4) is 11.5 Å². The highest BCUT2D eigenvalue weighted by molar-refractivity contribution is 14.1. The van der Waals surface area contributed by atoms with E-state index in [1.165, 1.54) is 0 Å². The van der Waals surface area contributed by atoms with E-state index in [0.29, 0.717) is 18.3 Å². The first-order valence-corrected chi connectivity index (χ1v) is 6.08. The van der Waals surface area contributed by atoms with E-state index in [4.69, 9.17) is 10.3 Å². The topological polar surface area (TPSA) is 64.9 Å². The first kappa shape index (κ1) is 11.5. The monoisotopic (exact) mass is 329 g/mol. The van der Waals surface area contributed by atoms with Crippen LogP contribution < -0.4 is 5.73 Å². The fraction of sp³-hybridized carbons (Fsp3) is 0.273. The van der Waals surface area contributed by atoms with Crippen molar-refractivity contribution in [1.82, 2.24) is 10.1 Å². The van der Waals surface area contributed by atoms with Gasteiger partial charge in [-0.25, -0.2) is 0 Å². The molecule has 84 valence electrons. The highest BCUT2D eigenvalue weighted by atomic mass is 127. The molecular weight excluding hydrogens is 317 g/mol. The summed E-state index contributed by atoms with van der Waals surface area (Å²) in [5.41, 5.74) is 6.49. The molecule has 0 aliphatic rings. The van der Waals surface area contributed by atoms with E-state index >= 15 is 0 Å². The predicted octanol–water partition coefficient (Wildman–Crippen LogP) is 2.40. The van der Waals surface area contributed by atoms with E-state index < -0.39 is 0 Å². The summed E-state index contributed by atoms with van der Waals surface area (Å²) in [6.07, 6.45) is 0. The van der Waals surface area contributed by atoms with Crippen LogP contribution in [0.15, 0.2) is 28.8 Å². The number of hydrogen-bond acceptors (Lipinski definition) is 4. The van der Waals surface area contributed by atoms with Crippen LogP contribution in [0.2, 0.25) is 0 Å². The third-order valence-electron chi connectivity index (χ3n) is 2.31. The number of benzene rings is 1. The molecule has 16 heavy (non-hydrogen) atoms. The second-order valence-electron chi connectivity index (χ2n) is 3.60. The van der Waals surface area contributed by atoms with Crippen molar-refractivity contribution in [2.24, 2.45) is 5.73 Å². The lowest BCUT2D eigenvalue weighted by Crippen LogP contribution is -2.10. The molecule has 0 amide bonds. The number of rotatable bonds is 3. The lowest BCUT2D eigenvalue weighted by Gasteiger charge is -1.99. The van der Waals surface area contributed by atoms with E-state index in [9.17, 15) is 0 Å². The second kappa shape index (κ2) is 4.92. The van der Waals surface area contributed by atoms with Crippen molar-refractivity contribution < 1.29 is 4.52 Å². The summed E-state index contributed by atoms with van der Waals surface area (Å²) < 4.78 is 6.35. The van der Waals surface area contributed by atoms with Crippen molar-refractivity contribution in [3.05, 3.63) is 33.7 Å². The van der Waals surface area contributed by atoms with Crippen molar-refractivity contribution >= 4 is 22.6 Å². The van der Waals surface area contributed by atoms with Crippen molar-refractivity contribution in [3.63, 3.8) is 0 Å². The number of halogens is 1. The number of nitrogens with zero attached hydrogens (tertiary/aromatic N) is 2. The average Bonchev–Trinajstić information content (AvgIpc) is 2.77. The Morgan fingerprint density at radius 1 is 1.50 bits per heavy atom. The molecule has 0 saturated carbocycles. The smallest absolute Gasteiger partial charge is 0.257 e. The molecule has 1 unspecified atom stereocenters. The summed E-state index contributed by atoms with van der Waals surface area (Å²) in [4.78, 5) is 4.33. The average molecular weight is 329 g/mol. The highest BCUT2D eigenvalue weighted by Gasteiger charge is 2.13. The summed E-state index contributed by atoms with van der Waals surface area (Å²) in [6.45, 7) is 2.49. The maximum absolute atomic E-state index is 5.55. The van der Waals surface area contributed by atoms with Gasteiger partial charge in [0.25, 0.3) is 5.89 Å². The predicted molar refractivity (Wildman–Crippen MR) is 69.9 cm³/mol. The van der Waals surface area contributed by atoms with Gasteiger partial charge in [-0.05, 0) is 40.8 Å². The number of nitrogens with two attached hydrogens (primary N) is 1. The Bertz CT molecular complexity index is 484. The number of aromatic nitrogens is 2. The molecule has 2 aromatic rings. The lowest BCUT2D eigenvalue weighted by molar-refractivity contribution is 0.418. The fourth-order valence-electron chi connectivity index (χ4n) is 1.28. The minimum absolute atomic E-state index is 0.125. The molecule has 1 atom stereocenters. The third kappa shape index (κ3) is 2.41. The van der Waals surface area contributed by atoms with Crippen LogP contribution in [-0.2, 0) is 0 Å². The lowest BCUT2D eigenvalue weighted by atomic mass is 10.2. The highest BCUT2D eigenvalue weighted by Crippen LogP contribution is 2.21. The van der Waals surface area contributed by atoms with Gasteiger partial charge in [-0.3, -0.25) is 0 Å². The van der Waals surface area contributed by atoms with E-state index in [1.54, 1.807) is 0 Å². The largest absolute Gasteiger partial charge is 0.334 e. The Hall–Kier alpha value is -0.950. The molecule has 5 heteroatoms. The summed E-state index contributed by atoms with van der Waals surface area (Å²) in [5.74, 6) is 1.34. The molecule has 1 aromatic heterocycles. The SMILES string of the molecule is CC(CN)c1noc(-c2cccc(I)c2)n1. The molecule has 1 heterocycles. The molecule has 4 nitrogen and oxygen atoms in total. The molecule has 0 aliphatic heterocycles. The van der Waals surface area contributed by atoms with Gasteiger partial charge in [0.05, 0.1) is 0 Å². The Morgan fingerprint density at radius 3 is 3.00 bits per heavy atom. The van der Waals surface area contributed by atoms with Crippen LogP contribution in [0.25, 0.3) is 11.5 Å². The van der Waals surface area contributed by atoms with Gasteiger partial charge in [0.1, 0.15) is 0 Å². The van der Waals surface area contributed by atoms with Crippen LogP contribution in [0.4, 0.5) is 0 Å². The zero-order valence-corrected chi connectivity index (χ0v) is 11.0. The maximum Gasteiger partial charge on any atom is 0.257 e. The van der Waals surface area contributed by atoms with Gasteiger partial charge in [-0.15, -0.1) is 0 Å². The second-order valence-corrected chi connectivity index (χ2v) is 4.85. The fourth-order valence-corrected chi connectivity index (χ4v) is 1.82. The van der Waals surface area contributed by atoms with Crippen LogP contribution in [0.1, 0.15) is 18.7 Å². The Labute approximate surface area is 107 Å². The molecule has 0 bridgehead atoms. The Kier molecular flexibility index (Phi) is 3.55. The van der Waals surface area contributed by atoms with E-state index in [0.717, 1.165) is 9.13 Å². The first-order valence-electron chi connectivity index (χ1n) is 5.00. The molecule has 2 rings (SSSR count). The number of hydrogen-bond donors (Lipinski definition) is 1. The van der Waals surface area contributed by atoms with Gasteiger partial charge in [0.15, 0.2) is 5.82 Å². The first-order chi connectivity index (χ1) is 7.70. The van der Waals surface area contributed by atoms with Gasteiger partial charge in [0.2, 0.25) is 0 Å². The van der Waals surface area contributed by atoms with Gasteiger partial charge >= 0.3 is 0 Å². The van der Waals surface area contributed by atoms with Crippen molar-refractivity contribution in [1.29, 1.82) is 0 Å². The van der Waals surface area contributed by atoms with Crippen molar-refractivity contribution in [2.45, 2.75) is 12.8 Å². The summed E-state index contributed by atoms with van der Waals surface area (Å²) in [7, 11) is 0. The molecule has 2 N–H and O–H groups in total. The zero-order chi connectivity index (χ0) is 11.5. The van der Waals surface area contributed by atoms with Crippen LogP contribution in [0.3, 0.4) is 0 Å². The summed E-state index contributed by atoms with van der Waals surface area (Å²) in [6, 6.07) is 7.94. The minimum atomic E-state index is 0.125. The van der Waals surface area contributed by atoms with Gasteiger partial charge in [-0.2, -0.15) is 4.98 Å². The van der Waals surface area contributed by atoms with Gasteiger partial charge in [0, 0.05) is 21.6 Å². The standard InChI is InChI=1S/C11H12IN3O/c1-7(6-13)10-14-11(16-15-10)8-3-2-4-9(12)5-8/h2-5,7H,6,13H2,1H3. The molecule has 0 saturated heterocycles. The minimum Gasteiger partial charge on any atom is -0.334 e. The zero-order valence-electron chi connectivity index (χ0n) is 8.85. The van der Waals surface area contributed by atoms with Crippen LogP contribution >= 0.6 is 22.6 Å². The summed E-state index contributed by atoms with van der Waals surface area (Å²) in [5, 5.41) is 3.92. The van der Waals surface area contributed by atoms with E-state index in [-0.39, 0.29) is 5.92 Å². The molecule has 0 radical (unpaired) electrons.